The standard InChI is InChI=1S/C22H21N7O3S2/c1-31-17-11-18(32-2)27-21(26-17)25-16(30)12-24-22-29-28-20(34-22)15-9-6-10-23-19(15)33-13-14-7-4-3-5-8-14/h3-11H,12-13H2,1-2H3,(H,24,29)(H,25,26,27,30). The van der Waals surface area contributed by atoms with Crippen LogP contribution in [0.2, 0.25) is 0 Å². The molecule has 0 fully saturated rings. The van der Waals surface area contributed by atoms with Gasteiger partial charge in [0.1, 0.15) is 5.03 Å². The van der Waals surface area contributed by atoms with Crippen molar-refractivity contribution in [1.82, 2.24) is 25.1 Å². The van der Waals surface area contributed by atoms with Crippen molar-refractivity contribution in [2.75, 3.05) is 31.4 Å². The summed E-state index contributed by atoms with van der Waals surface area (Å²) in [6.45, 7) is -0.0415. The summed E-state index contributed by atoms with van der Waals surface area (Å²) in [6, 6.07) is 15.5. The average molecular weight is 496 g/mol. The number of nitrogens with zero attached hydrogens (tertiary/aromatic N) is 5. The number of benzene rings is 1. The molecule has 4 aromatic rings. The maximum atomic E-state index is 12.3. The molecule has 0 spiro atoms. The van der Waals surface area contributed by atoms with Gasteiger partial charge in [-0.3, -0.25) is 10.1 Å². The van der Waals surface area contributed by atoms with Gasteiger partial charge in [0.2, 0.25) is 28.7 Å². The molecule has 0 atom stereocenters. The molecule has 0 bridgehead atoms. The number of hydrogen-bond acceptors (Lipinski definition) is 11. The van der Waals surface area contributed by atoms with E-state index in [1.165, 1.54) is 37.2 Å². The zero-order chi connectivity index (χ0) is 23.8. The molecule has 0 aliphatic heterocycles. The minimum atomic E-state index is -0.354. The lowest BCUT2D eigenvalue weighted by atomic mass is 10.2. The topological polar surface area (TPSA) is 124 Å². The smallest absolute Gasteiger partial charge is 0.246 e. The van der Waals surface area contributed by atoms with Crippen LogP contribution in [0.4, 0.5) is 11.1 Å². The Morgan fingerprint density at radius 3 is 2.53 bits per heavy atom. The Morgan fingerprint density at radius 1 is 1.03 bits per heavy atom. The molecule has 0 saturated heterocycles. The molecular formula is C22H21N7O3S2. The van der Waals surface area contributed by atoms with Crippen LogP contribution < -0.4 is 20.1 Å². The third-order valence-corrected chi connectivity index (χ3v) is 6.38. The van der Waals surface area contributed by atoms with Crippen LogP contribution >= 0.6 is 23.1 Å². The average Bonchev–Trinajstić information content (AvgIpc) is 3.35. The Morgan fingerprint density at radius 2 is 1.79 bits per heavy atom. The van der Waals surface area contributed by atoms with Gasteiger partial charge in [-0.15, -0.1) is 22.0 Å². The van der Waals surface area contributed by atoms with Crippen molar-refractivity contribution in [3.8, 4) is 22.3 Å². The van der Waals surface area contributed by atoms with E-state index in [9.17, 15) is 4.79 Å². The maximum absolute atomic E-state index is 12.3. The first-order valence-electron chi connectivity index (χ1n) is 10.1. The number of hydrogen-bond donors (Lipinski definition) is 2. The monoisotopic (exact) mass is 495 g/mol. The van der Waals surface area contributed by atoms with Gasteiger partial charge in [-0.25, -0.2) is 4.98 Å². The van der Waals surface area contributed by atoms with Crippen LogP contribution in [0.3, 0.4) is 0 Å². The van der Waals surface area contributed by atoms with E-state index in [2.05, 4.69) is 47.9 Å². The van der Waals surface area contributed by atoms with Crippen molar-refractivity contribution in [2.45, 2.75) is 10.8 Å². The zero-order valence-electron chi connectivity index (χ0n) is 18.4. The highest BCUT2D eigenvalue weighted by molar-refractivity contribution is 7.98. The van der Waals surface area contributed by atoms with Crippen molar-refractivity contribution in [3.05, 3.63) is 60.3 Å². The fraction of sp³-hybridized carbons (Fsp3) is 0.182. The fourth-order valence-electron chi connectivity index (χ4n) is 2.79. The normalized spacial score (nSPS) is 10.5. The van der Waals surface area contributed by atoms with Crippen LogP contribution in [0.25, 0.3) is 10.6 Å². The number of nitrogens with one attached hydrogen (secondary N) is 2. The summed E-state index contributed by atoms with van der Waals surface area (Å²) in [5, 5.41) is 16.1. The summed E-state index contributed by atoms with van der Waals surface area (Å²) in [5.41, 5.74) is 2.11. The molecule has 12 heteroatoms. The van der Waals surface area contributed by atoms with Gasteiger partial charge in [-0.05, 0) is 17.7 Å². The van der Waals surface area contributed by atoms with E-state index in [4.69, 9.17) is 9.47 Å². The third kappa shape index (κ3) is 6.17. The predicted molar refractivity (Wildman–Crippen MR) is 131 cm³/mol. The molecule has 10 nitrogen and oxygen atoms in total. The van der Waals surface area contributed by atoms with Crippen molar-refractivity contribution < 1.29 is 14.3 Å². The number of carbonyl (C=O) groups is 1. The van der Waals surface area contributed by atoms with Gasteiger partial charge in [-0.1, -0.05) is 41.7 Å². The second kappa shape index (κ2) is 11.4. The zero-order valence-corrected chi connectivity index (χ0v) is 20.0. The second-order valence-electron chi connectivity index (χ2n) is 6.72. The maximum Gasteiger partial charge on any atom is 0.246 e. The van der Waals surface area contributed by atoms with E-state index < -0.39 is 0 Å². The summed E-state index contributed by atoms with van der Waals surface area (Å²) in [5.74, 6) is 1.08. The molecule has 0 aliphatic rings. The van der Waals surface area contributed by atoms with Crippen LogP contribution in [-0.2, 0) is 10.5 Å². The first kappa shape index (κ1) is 23.4. The molecule has 4 rings (SSSR count). The van der Waals surface area contributed by atoms with Crippen LogP contribution in [0.1, 0.15) is 5.56 Å². The van der Waals surface area contributed by atoms with Gasteiger partial charge in [0.05, 0.1) is 26.8 Å². The van der Waals surface area contributed by atoms with Crippen LogP contribution in [-0.4, -0.2) is 51.8 Å². The second-order valence-corrected chi connectivity index (χ2v) is 8.66. The number of thioether (sulfide) groups is 1. The van der Waals surface area contributed by atoms with Crippen LogP contribution in [0, 0.1) is 0 Å². The van der Waals surface area contributed by atoms with Gasteiger partial charge in [-0.2, -0.15) is 9.97 Å². The number of methoxy groups -OCH3 is 2. The summed E-state index contributed by atoms with van der Waals surface area (Å²) < 4.78 is 10.2. The molecule has 3 heterocycles. The summed E-state index contributed by atoms with van der Waals surface area (Å²) in [4.78, 5) is 25.0. The van der Waals surface area contributed by atoms with Gasteiger partial charge < -0.3 is 14.8 Å². The molecular weight excluding hydrogens is 474 g/mol. The molecule has 0 radical (unpaired) electrons. The summed E-state index contributed by atoms with van der Waals surface area (Å²) >= 11 is 2.98. The Kier molecular flexibility index (Phi) is 7.83. The van der Waals surface area contributed by atoms with Crippen molar-refractivity contribution in [1.29, 1.82) is 0 Å². The minimum absolute atomic E-state index is 0.0415. The van der Waals surface area contributed by atoms with Crippen molar-refractivity contribution >= 4 is 40.1 Å². The quantitative estimate of drug-likeness (QED) is 0.314. The SMILES string of the molecule is COc1cc(OC)nc(NC(=O)CNc2nnc(-c3cccnc3SCc3ccccc3)s2)n1. The first-order valence-corrected chi connectivity index (χ1v) is 11.9. The summed E-state index contributed by atoms with van der Waals surface area (Å²) in [7, 11) is 2.94. The largest absolute Gasteiger partial charge is 0.481 e. The fourth-order valence-corrected chi connectivity index (χ4v) is 4.57. The van der Waals surface area contributed by atoms with Crippen molar-refractivity contribution in [3.63, 3.8) is 0 Å². The number of rotatable bonds is 10. The highest BCUT2D eigenvalue weighted by Gasteiger charge is 2.14. The van der Waals surface area contributed by atoms with Gasteiger partial charge in [0, 0.05) is 17.5 Å². The Bertz CT molecular complexity index is 1230. The first-order chi connectivity index (χ1) is 16.6. The highest BCUT2D eigenvalue weighted by atomic mass is 32.2. The number of carbonyl (C=O) groups excluding carboxylic acids is 1. The molecule has 0 unspecified atom stereocenters. The van der Waals surface area contributed by atoms with Gasteiger partial charge in [0.15, 0.2) is 5.01 Å². The molecule has 0 saturated carbocycles. The van der Waals surface area contributed by atoms with Crippen LogP contribution in [0.15, 0.2) is 59.8 Å². The minimum Gasteiger partial charge on any atom is -0.481 e. The Labute approximate surface area is 204 Å². The lowest BCUT2D eigenvalue weighted by Crippen LogP contribution is -2.23. The summed E-state index contributed by atoms with van der Waals surface area (Å²) in [6.07, 6.45) is 1.76. The molecule has 34 heavy (non-hydrogen) atoms. The number of pyridine rings is 1. The van der Waals surface area contributed by atoms with Crippen molar-refractivity contribution in [2.24, 2.45) is 0 Å². The predicted octanol–water partition coefficient (Wildman–Crippen LogP) is 3.75. The Hall–Kier alpha value is -3.77. The third-order valence-electron chi connectivity index (χ3n) is 4.39. The number of amides is 1. The molecule has 1 aromatic carbocycles. The van der Waals surface area contributed by atoms with E-state index in [1.54, 1.807) is 18.0 Å². The van der Waals surface area contributed by atoms with E-state index >= 15 is 0 Å². The van der Waals surface area contributed by atoms with E-state index in [1.807, 2.05) is 30.3 Å². The highest BCUT2D eigenvalue weighted by Crippen LogP contribution is 2.34. The lowest BCUT2D eigenvalue weighted by Gasteiger charge is -2.07. The molecule has 174 valence electrons. The van der Waals surface area contributed by atoms with E-state index in [0.717, 1.165) is 16.3 Å². The van der Waals surface area contributed by atoms with Gasteiger partial charge in [0.25, 0.3) is 0 Å². The lowest BCUT2D eigenvalue weighted by molar-refractivity contribution is -0.114. The van der Waals surface area contributed by atoms with Gasteiger partial charge >= 0.3 is 0 Å². The number of aromatic nitrogens is 5. The molecule has 1 amide bonds. The molecule has 3 aromatic heterocycles. The number of anilines is 2. The Balaban J connectivity index is 1.37. The van der Waals surface area contributed by atoms with E-state index in [0.29, 0.717) is 10.1 Å². The molecule has 2 N–H and O–H groups in total. The molecule has 0 aliphatic carbocycles. The van der Waals surface area contributed by atoms with Crippen LogP contribution in [0.5, 0.6) is 11.8 Å². The van der Waals surface area contributed by atoms with E-state index in [-0.39, 0.29) is 30.2 Å². The number of ether oxygens (including phenoxy) is 2.